The lowest BCUT2D eigenvalue weighted by Crippen LogP contribution is -2.48. The Hall–Kier alpha value is -3.75. The predicted octanol–water partition coefficient (Wildman–Crippen LogP) is 3.06. The topological polar surface area (TPSA) is 94.6 Å². The number of nitrogens with one attached hydrogen (secondary N) is 1. The Morgan fingerprint density at radius 2 is 1.86 bits per heavy atom. The molecule has 1 N–H and O–H groups in total. The molecule has 1 fully saturated rings. The first-order chi connectivity index (χ1) is 16.9. The molecule has 9 nitrogen and oxygen atoms in total. The van der Waals surface area contributed by atoms with Crippen molar-refractivity contribution >= 4 is 34.4 Å². The molecule has 2 aliphatic rings. The lowest BCUT2D eigenvalue weighted by Gasteiger charge is -2.34. The summed E-state index contributed by atoms with van der Waals surface area (Å²) in [6, 6.07) is 10.3. The number of rotatable bonds is 6. The molecule has 1 aromatic carbocycles. The summed E-state index contributed by atoms with van der Waals surface area (Å²) < 4.78 is 0. The van der Waals surface area contributed by atoms with Crippen LogP contribution in [0.5, 0.6) is 0 Å². The second-order valence-electron chi connectivity index (χ2n) is 9.26. The van der Waals surface area contributed by atoms with E-state index >= 15 is 0 Å². The average Bonchev–Trinajstić information content (AvgIpc) is 3.23. The summed E-state index contributed by atoms with van der Waals surface area (Å²) in [5.41, 5.74) is 2.20. The Balaban J connectivity index is 1.44. The van der Waals surface area contributed by atoms with Gasteiger partial charge in [0.05, 0.1) is 18.8 Å². The molecule has 2 aromatic heterocycles. The van der Waals surface area contributed by atoms with E-state index in [0.29, 0.717) is 56.7 Å². The summed E-state index contributed by atoms with van der Waals surface area (Å²) in [7, 11) is 0. The van der Waals surface area contributed by atoms with Gasteiger partial charge in [-0.15, -0.1) is 0 Å². The fraction of sp³-hybridized carbons (Fsp3) is 0.423. The predicted molar refractivity (Wildman–Crippen MR) is 135 cm³/mol. The van der Waals surface area contributed by atoms with Gasteiger partial charge in [0.15, 0.2) is 0 Å². The van der Waals surface area contributed by atoms with Crippen LogP contribution in [0.4, 0.5) is 11.8 Å². The first-order valence-electron chi connectivity index (χ1n) is 12.2. The number of fused-ring (bicyclic) bond motifs is 2. The molecule has 2 amide bonds. The van der Waals surface area contributed by atoms with Crippen molar-refractivity contribution in [2.75, 3.05) is 36.4 Å². The Morgan fingerprint density at radius 1 is 1.11 bits per heavy atom. The second-order valence-corrected chi connectivity index (χ2v) is 9.26. The number of anilines is 2. The number of piperazine rings is 1. The SMILES string of the molecule is CCC(C)N1Cc2c(NCc3cc4ccccc4cn3)nc(N3CCN(C(C)=O)CC3)nc2C1=O. The molecule has 9 heteroatoms. The summed E-state index contributed by atoms with van der Waals surface area (Å²) in [6.07, 6.45) is 2.75. The molecule has 2 aliphatic heterocycles. The Kier molecular flexibility index (Phi) is 6.23. The minimum absolute atomic E-state index is 0.0488. The molecule has 0 aliphatic carbocycles. The maximum atomic E-state index is 13.3. The van der Waals surface area contributed by atoms with Gasteiger partial charge in [-0.05, 0) is 24.8 Å². The van der Waals surface area contributed by atoms with Crippen LogP contribution in [0.3, 0.4) is 0 Å². The molecule has 0 bridgehead atoms. The molecule has 5 rings (SSSR count). The van der Waals surface area contributed by atoms with E-state index in [-0.39, 0.29) is 17.9 Å². The molecule has 0 spiro atoms. The third-order valence-corrected chi connectivity index (χ3v) is 7.04. The zero-order valence-electron chi connectivity index (χ0n) is 20.5. The smallest absolute Gasteiger partial charge is 0.273 e. The van der Waals surface area contributed by atoms with Gasteiger partial charge >= 0.3 is 0 Å². The van der Waals surface area contributed by atoms with Crippen LogP contribution < -0.4 is 10.2 Å². The highest BCUT2D eigenvalue weighted by Crippen LogP contribution is 2.31. The number of benzene rings is 1. The van der Waals surface area contributed by atoms with Gasteiger partial charge in [-0.1, -0.05) is 31.2 Å². The normalized spacial score (nSPS) is 16.5. The van der Waals surface area contributed by atoms with Crippen LogP contribution in [-0.4, -0.2) is 68.8 Å². The van der Waals surface area contributed by atoms with Gasteiger partial charge in [0.2, 0.25) is 11.9 Å². The van der Waals surface area contributed by atoms with E-state index in [2.05, 4.69) is 41.2 Å². The van der Waals surface area contributed by atoms with Gasteiger partial charge in [-0.3, -0.25) is 14.6 Å². The summed E-state index contributed by atoms with van der Waals surface area (Å²) in [5, 5.41) is 5.68. The van der Waals surface area contributed by atoms with Gasteiger partial charge < -0.3 is 20.0 Å². The molecule has 182 valence electrons. The van der Waals surface area contributed by atoms with Crippen LogP contribution in [0, 0.1) is 0 Å². The van der Waals surface area contributed by atoms with Crippen LogP contribution in [0.2, 0.25) is 0 Å². The van der Waals surface area contributed by atoms with Crippen LogP contribution in [0.1, 0.15) is 48.9 Å². The Labute approximate surface area is 205 Å². The van der Waals surface area contributed by atoms with Crippen molar-refractivity contribution in [3.05, 3.63) is 53.5 Å². The van der Waals surface area contributed by atoms with E-state index in [1.165, 1.54) is 0 Å². The maximum absolute atomic E-state index is 13.3. The standard InChI is InChI=1S/C26H31N7O2/c1-4-17(2)33-16-22-23(25(33)35)29-26(32-11-9-31(10-12-32)18(3)34)30-24(22)28-15-21-13-19-7-5-6-8-20(19)14-27-21/h5-8,13-14,17H,4,9-12,15-16H2,1-3H3,(H,28,29,30). The molecule has 0 radical (unpaired) electrons. The van der Waals surface area contributed by atoms with Gasteiger partial charge in [0.1, 0.15) is 11.5 Å². The van der Waals surface area contributed by atoms with Crippen LogP contribution in [-0.2, 0) is 17.9 Å². The Bertz CT molecular complexity index is 1270. The van der Waals surface area contributed by atoms with Crippen molar-refractivity contribution in [1.29, 1.82) is 0 Å². The molecule has 3 aromatic rings. The van der Waals surface area contributed by atoms with E-state index in [9.17, 15) is 9.59 Å². The quantitative estimate of drug-likeness (QED) is 0.588. The average molecular weight is 474 g/mol. The number of hydrogen-bond donors (Lipinski definition) is 1. The first-order valence-corrected chi connectivity index (χ1v) is 12.2. The highest BCUT2D eigenvalue weighted by Gasteiger charge is 2.35. The van der Waals surface area contributed by atoms with Crippen LogP contribution in [0.25, 0.3) is 10.8 Å². The minimum Gasteiger partial charge on any atom is -0.364 e. The van der Waals surface area contributed by atoms with Crippen molar-refractivity contribution in [3.8, 4) is 0 Å². The lowest BCUT2D eigenvalue weighted by molar-refractivity contribution is -0.129. The number of pyridine rings is 1. The van der Waals surface area contributed by atoms with E-state index in [1.54, 1.807) is 6.92 Å². The van der Waals surface area contributed by atoms with Crippen molar-refractivity contribution in [2.45, 2.75) is 46.3 Å². The van der Waals surface area contributed by atoms with E-state index in [1.807, 2.05) is 34.2 Å². The zero-order valence-corrected chi connectivity index (χ0v) is 20.5. The fourth-order valence-electron chi connectivity index (χ4n) is 4.66. The Morgan fingerprint density at radius 3 is 2.57 bits per heavy atom. The number of carbonyl (C=O) groups excluding carboxylic acids is 2. The van der Waals surface area contributed by atoms with Crippen LogP contribution in [0.15, 0.2) is 36.5 Å². The zero-order chi connectivity index (χ0) is 24.5. The number of hydrogen-bond acceptors (Lipinski definition) is 7. The van der Waals surface area contributed by atoms with Gasteiger partial charge in [-0.25, -0.2) is 4.98 Å². The summed E-state index contributed by atoms with van der Waals surface area (Å²) in [6.45, 7) is 9.22. The van der Waals surface area contributed by atoms with Crippen molar-refractivity contribution in [1.82, 2.24) is 24.8 Å². The molecule has 1 unspecified atom stereocenters. The van der Waals surface area contributed by atoms with E-state index in [0.717, 1.165) is 28.5 Å². The summed E-state index contributed by atoms with van der Waals surface area (Å²) >= 11 is 0. The summed E-state index contributed by atoms with van der Waals surface area (Å²) in [4.78, 5) is 44.9. The molecule has 0 saturated carbocycles. The summed E-state index contributed by atoms with van der Waals surface area (Å²) in [5.74, 6) is 1.23. The molecule has 35 heavy (non-hydrogen) atoms. The first kappa shape index (κ1) is 23.0. The van der Waals surface area contributed by atoms with E-state index < -0.39 is 0 Å². The van der Waals surface area contributed by atoms with Gasteiger partial charge in [0, 0.05) is 56.3 Å². The molecule has 1 saturated heterocycles. The highest BCUT2D eigenvalue weighted by molar-refractivity contribution is 5.98. The maximum Gasteiger partial charge on any atom is 0.273 e. The molecule has 4 heterocycles. The molecule has 1 atom stereocenters. The highest BCUT2D eigenvalue weighted by atomic mass is 16.2. The second kappa shape index (κ2) is 9.48. The number of nitrogens with zero attached hydrogens (tertiary/aromatic N) is 6. The fourth-order valence-corrected chi connectivity index (χ4v) is 4.66. The minimum atomic E-state index is -0.0488. The van der Waals surface area contributed by atoms with Crippen molar-refractivity contribution in [2.24, 2.45) is 0 Å². The molecular weight excluding hydrogens is 442 g/mol. The number of aromatic nitrogens is 3. The largest absolute Gasteiger partial charge is 0.364 e. The van der Waals surface area contributed by atoms with Gasteiger partial charge in [0.25, 0.3) is 5.91 Å². The van der Waals surface area contributed by atoms with Crippen molar-refractivity contribution in [3.63, 3.8) is 0 Å². The van der Waals surface area contributed by atoms with Gasteiger partial charge in [-0.2, -0.15) is 4.98 Å². The lowest BCUT2D eigenvalue weighted by atomic mass is 10.1. The molecular formula is C26H31N7O2. The third kappa shape index (κ3) is 4.50. The number of carbonyl (C=O) groups is 2. The van der Waals surface area contributed by atoms with E-state index in [4.69, 9.17) is 9.97 Å². The van der Waals surface area contributed by atoms with Crippen LogP contribution >= 0.6 is 0 Å². The number of amides is 2. The third-order valence-electron chi connectivity index (χ3n) is 7.04. The monoisotopic (exact) mass is 473 g/mol. The van der Waals surface area contributed by atoms with Crippen molar-refractivity contribution < 1.29 is 9.59 Å².